The molecule has 1 aromatic heterocycles. The van der Waals surface area contributed by atoms with E-state index in [-0.39, 0.29) is 0 Å². The summed E-state index contributed by atoms with van der Waals surface area (Å²) in [5.74, 6) is 0. The Balaban J connectivity index is 0.000000222. The van der Waals surface area contributed by atoms with E-state index >= 15 is 0 Å². The van der Waals surface area contributed by atoms with Crippen LogP contribution in [0.2, 0.25) is 0 Å². The minimum Gasteiger partial charge on any atom is -0.265 e. The second-order valence-corrected chi connectivity index (χ2v) is 1.02. The van der Waals surface area contributed by atoms with Gasteiger partial charge >= 0.3 is 29.2 Å². The molecule has 0 radical (unpaired) electrons. The Morgan fingerprint density at radius 3 is 1.62 bits per heavy atom. The van der Waals surface area contributed by atoms with Crippen molar-refractivity contribution in [2.75, 3.05) is 0 Å². The standard InChI is InChI=1S/C5H5N.Ag.ClH/c1-2-4-6-5-3-1;;/h1-5H;;1H/q;+1;/p-1. The van der Waals surface area contributed by atoms with Crippen LogP contribution >= 0.6 is 9.19 Å². The number of hydrogen-bond donors (Lipinski definition) is 0. The van der Waals surface area contributed by atoms with Gasteiger partial charge in [-0.05, 0) is 12.1 Å². The third-order valence-electron chi connectivity index (χ3n) is 0.566. The fourth-order valence-electron chi connectivity index (χ4n) is 0.313. The molecule has 1 heterocycles. The number of pyridine rings is 1. The number of hydrogen-bond acceptors (Lipinski definition) is 1. The quantitative estimate of drug-likeness (QED) is 0.610. The third-order valence-corrected chi connectivity index (χ3v) is 0.566. The van der Waals surface area contributed by atoms with Crippen molar-refractivity contribution in [3.05, 3.63) is 30.6 Å². The average molecular weight is 222 g/mol. The summed E-state index contributed by atoms with van der Waals surface area (Å²) in [7, 11) is 4.45. The maximum Gasteiger partial charge on any atom is 0.0267 e. The molecule has 3 heteroatoms. The maximum atomic E-state index is 4.45. The molecule has 8 heavy (non-hydrogen) atoms. The topological polar surface area (TPSA) is 12.9 Å². The van der Waals surface area contributed by atoms with Crippen molar-refractivity contribution in [2.24, 2.45) is 0 Å². The molecule has 0 aliphatic rings. The van der Waals surface area contributed by atoms with Gasteiger partial charge in [0, 0.05) is 12.4 Å². The van der Waals surface area contributed by atoms with Gasteiger partial charge in [-0.2, -0.15) is 0 Å². The van der Waals surface area contributed by atoms with Crippen LogP contribution in [0.1, 0.15) is 0 Å². The molecule has 0 N–H and O–H groups in total. The van der Waals surface area contributed by atoms with E-state index in [0.29, 0.717) is 0 Å². The Labute approximate surface area is 64.8 Å². The number of nitrogens with zero attached hydrogens (tertiary/aromatic N) is 1. The van der Waals surface area contributed by atoms with Crippen molar-refractivity contribution in [2.45, 2.75) is 0 Å². The van der Waals surface area contributed by atoms with Gasteiger partial charge in [0.15, 0.2) is 0 Å². The van der Waals surface area contributed by atoms with Crippen LogP contribution in [0, 0.1) is 0 Å². The molecule has 0 aromatic carbocycles. The molecular formula is C5H5AgClN. The van der Waals surface area contributed by atoms with Gasteiger partial charge in [0.05, 0.1) is 0 Å². The molecule has 0 bridgehead atoms. The molecule has 0 saturated heterocycles. The SMILES string of the molecule is [Cl][Ag].c1ccncc1. The van der Waals surface area contributed by atoms with E-state index in [1.807, 2.05) is 18.2 Å². The molecule has 0 atom stereocenters. The van der Waals surface area contributed by atoms with Crippen molar-refractivity contribution in [3.8, 4) is 0 Å². The van der Waals surface area contributed by atoms with Crippen molar-refractivity contribution in [3.63, 3.8) is 0 Å². The van der Waals surface area contributed by atoms with E-state index < -0.39 is 0 Å². The largest absolute Gasteiger partial charge is 0.265 e. The average Bonchev–Trinajstić information content (AvgIpc) is 1.96. The maximum absolute atomic E-state index is 4.45. The Morgan fingerprint density at radius 1 is 1.00 bits per heavy atom. The minimum atomic E-state index is 1.75. The number of halogens is 1. The first kappa shape index (κ1) is 8.18. The van der Waals surface area contributed by atoms with Crippen molar-refractivity contribution in [1.82, 2.24) is 4.98 Å². The second-order valence-electron chi connectivity index (χ2n) is 1.02. The summed E-state index contributed by atoms with van der Waals surface area (Å²) in [4.78, 5) is 3.78. The van der Waals surface area contributed by atoms with Gasteiger partial charge in [-0.15, -0.1) is 0 Å². The predicted octanol–water partition coefficient (Wildman–Crippen LogP) is 1.77. The molecule has 1 rings (SSSR count). The monoisotopic (exact) mass is 221 g/mol. The van der Waals surface area contributed by atoms with Crippen molar-refractivity contribution >= 4 is 9.19 Å². The smallest absolute Gasteiger partial charge is 0.0267 e. The van der Waals surface area contributed by atoms with Gasteiger partial charge < -0.3 is 0 Å². The summed E-state index contributed by atoms with van der Waals surface area (Å²) in [6.07, 6.45) is 3.50. The molecule has 1 aromatic rings. The van der Waals surface area contributed by atoms with Gasteiger partial charge in [0.1, 0.15) is 0 Å². The van der Waals surface area contributed by atoms with E-state index in [0.717, 1.165) is 0 Å². The van der Waals surface area contributed by atoms with Crippen LogP contribution in [-0.2, 0) is 20.0 Å². The third kappa shape index (κ3) is 4.34. The van der Waals surface area contributed by atoms with E-state index in [2.05, 4.69) is 34.2 Å². The van der Waals surface area contributed by atoms with Crippen LogP contribution in [0.25, 0.3) is 0 Å². The van der Waals surface area contributed by atoms with Crippen molar-refractivity contribution < 1.29 is 20.0 Å². The molecule has 1 nitrogen and oxygen atoms in total. The Morgan fingerprint density at radius 2 is 1.50 bits per heavy atom. The van der Waals surface area contributed by atoms with Gasteiger partial charge in [-0.25, -0.2) is 0 Å². The summed E-state index contributed by atoms with van der Waals surface area (Å²) < 4.78 is 0. The van der Waals surface area contributed by atoms with Gasteiger partial charge in [-0.3, -0.25) is 4.98 Å². The summed E-state index contributed by atoms with van der Waals surface area (Å²) in [6.45, 7) is 0. The molecule has 0 aliphatic heterocycles. The zero-order chi connectivity index (χ0) is 6.24. The zero-order valence-electron chi connectivity index (χ0n) is 4.01. The molecule has 0 saturated carbocycles. The zero-order valence-corrected chi connectivity index (χ0v) is 6.25. The molecule has 0 unspecified atom stereocenters. The molecule has 0 fully saturated rings. The summed E-state index contributed by atoms with van der Waals surface area (Å²) in [6, 6.07) is 5.72. The summed E-state index contributed by atoms with van der Waals surface area (Å²) in [5.41, 5.74) is 0. The Bertz CT molecular complexity index is 84.4. The Kier molecular flexibility index (Phi) is 7.34. The number of rotatable bonds is 0. The van der Waals surface area contributed by atoms with E-state index in [1.54, 1.807) is 12.4 Å². The molecule has 0 spiro atoms. The van der Waals surface area contributed by atoms with Crippen molar-refractivity contribution in [1.29, 1.82) is 0 Å². The van der Waals surface area contributed by atoms with Crippen LogP contribution in [0.3, 0.4) is 0 Å². The molecule has 48 valence electrons. The Hall–Kier alpha value is 0.180. The summed E-state index contributed by atoms with van der Waals surface area (Å²) >= 11 is 2.42. The fraction of sp³-hybridized carbons (Fsp3) is 0. The van der Waals surface area contributed by atoms with E-state index in [1.165, 1.54) is 0 Å². The van der Waals surface area contributed by atoms with E-state index in [4.69, 9.17) is 0 Å². The molecular weight excluding hydrogens is 217 g/mol. The van der Waals surface area contributed by atoms with E-state index in [9.17, 15) is 0 Å². The van der Waals surface area contributed by atoms with Crippen LogP contribution < -0.4 is 0 Å². The first-order chi connectivity index (χ1) is 4.00. The minimum absolute atomic E-state index is 1.75. The van der Waals surface area contributed by atoms with Crippen LogP contribution in [-0.4, -0.2) is 4.98 Å². The first-order valence-corrected chi connectivity index (χ1v) is 3.87. The molecule has 0 amide bonds. The van der Waals surface area contributed by atoms with Gasteiger partial charge in [0.2, 0.25) is 0 Å². The fourth-order valence-corrected chi connectivity index (χ4v) is 0.313. The number of aromatic nitrogens is 1. The van der Waals surface area contributed by atoms with Crippen LogP contribution in [0.15, 0.2) is 30.6 Å². The molecule has 0 aliphatic carbocycles. The van der Waals surface area contributed by atoms with Crippen LogP contribution in [0.4, 0.5) is 0 Å². The first-order valence-electron chi connectivity index (χ1n) is 1.96. The predicted molar refractivity (Wildman–Crippen MR) is 30.1 cm³/mol. The normalized spacial score (nSPS) is 6.88. The summed E-state index contributed by atoms with van der Waals surface area (Å²) in [5, 5.41) is 0. The van der Waals surface area contributed by atoms with Gasteiger partial charge in [0.25, 0.3) is 0 Å². The van der Waals surface area contributed by atoms with Gasteiger partial charge in [-0.1, -0.05) is 6.07 Å². The van der Waals surface area contributed by atoms with Crippen LogP contribution in [0.5, 0.6) is 0 Å². The second kappa shape index (κ2) is 7.18.